The highest BCUT2D eigenvalue weighted by Crippen LogP contribution is 2.31. The number of nitrogens with one attached hydrogen (secondary N) is 1. The summed E-state index contributed by atoms with van der Waals surface area (Å²) in [6.07, 6.45) is 0. The van der Waals surface area contributed by atoms with E-state index in [2.05, 4.69) is 5.32 Å². The van der Waals surface area contributed by atoms with Crippen LogP contribution in [0.15, 0.2) is 18.2 Å². The zero-order chi connectivity index (χ0) is 13.3. The fraction of sp³-hybridized carbons (Fsp3) is 0.333. The van der Waals surface area contributed by atoms with Crippen LogP contribution in [0, 0.1) is 5.92 Å². The summed E-state index contributed by atoms with van der Waals surface area (Å²) in [5.41, 5.74) is 0.535. The summed E-state index contributed by atoms with van der Waals surface area (Å²) in [7, 11) is 1.54. The van der Waals surface area contributed by atoms with E-state index < -0.39 is 6.03 Å². The maximum Gasteiger partial charge on any atom is 0.328 e. The molecule has 18 heavy (non-hydrogen) atoms. The Bertz CT molecular complexity index is 504. The van der Waals surface area contributed by atoms with E-state index in [1.165, 1.54) is 12.0 Å². The van der Waals surface area contributed by atoms with E-state index in [0.717, 1.165) is 0 Å². The molecule has 0 aromatic heterocycles. The van der Waals surface area contributed by atoms with Gasteiger partial charge in [-0.1, -0.05) is 18.5 Å². The number of urea groups is 1. The van der Waals surface area contributed by atoms with Crippen LogP contribution in [0.25, 0.3) is 0 Å². The molecule has 1 atom stereocenters. The number of hydrogen-bond donors (Lipinski definition) is 1. The highest BCUT2D eigenvalue weighted by molar-refractivity contribution is 6.34. The number of halogens is 1. The number of methoxy groups -OCH3 is 1. The lowest BCUT2D eigenvalue weighted by Gasteiger charge is -2.31. The van der Waals surface area contributed by atoms with Gasteiger partial charge in [0.05, 0.1) is 23.7 Å². The summed E-state index contributed by atoms with van der Waals surface area (Å²) in [5.74, 6) is 0.0620. The molecule has 0 aliphatic carbocycles. The molecular formula is C12H13ClN2O3. The predicted molar refractivity (Wildman–Crippen MR) is 68.1 cm³/mol. The highest BCUT2D eigenvalue weighted by Gasteiger charge is 2.31. The first-order chi connectivity index (χ1) is 8.52. The second kappa shape index (κ2) is 4.86. The van der Waals surface area contributed by atoms with Crippen molar-refractivity contribution in [3.05, 3.63) is 23.2 Å². The number of amides is 3. The quantitative estimate of drug-likeness (QED) is 0.893. The molecule has 1 aromatic carbocycles. The Morgan fingerprint density at radius 1 is 1.44 bits per heavy atom. The van der Waals surface area contributed by atoms with Crippen LogP contribution in [0.4, 0.5) is 10.5 Å². The Hall–Kier alpha value is -1.75. The third-order valence-electron chi connectivity index (χ3n) is 2.82. The highest BCUT2D eigenvalue weighted by atomic mass is 35.5. The number of anilines is 1. The van der Waals surface area contributed by atoms with Crippen LogP contribution in [-0.4, -0.2) is 25.6 Å². The van der Waals surface area contributed by atoms with Crippen molar-refractivity contribution in [2.45, 2.75) is 6.92 Å². The van der Waals surface area contributed by atoms with E-state index in [0.29, 0.717) is 23.0 Å². The number of imide groups is 1. The normalized spacial score (nSPS) is 19.7. The Balaban J connectivity index is 2.35. The van der Waals surface area contributed by atoms with Crippen molar-refractivity contribution in [1.82, 2.24) is 5.32 Å². The molecule has 1 aliphatic heterocycles. The van der Waals surface area contributed by atoms with Crippen molar-refractivity contribution < 1.29 is 14.3 Å². The number of hydrogen-bond acceptors (Lipinski definition) is 3. The molecule has 5 nitrogen and oxygen atoms in total. The molecule has 1 aromatic rings. The van der Waals surface area contributed by atoms with Gasteiger partial charge in [-0.3, -0.25) is 15.0 Å². The van der Waals surface area contributed by atoms with Gasteiger partial charge in [-0.05, 0) is 12.1 Å². The summed E-state index contributed by atoms with van der Waals surface area (Å²) >= 11 is 6.07. The summed E-state index contributed by atoms with van der Waals surface area (Å²) in [6.45, 7) is 2.06. The average Bonchev–Trinajstić information content (AvgIpc) is 2.35. The molecule has 0 saturated carbocycles. The smallest absolute Gasteiger partial charge is 0.328 e. The Kier molecular flexibility index (Phi) is 3.43. The summed E-state index contributed by atoms with van der Waals surface area (Å²) in [5, 5.41) is 2.73. The van der Waals surface area contributed by atoms with E-state index in [9.17, 15) is 9.59 Å². The van der Waals surface area contributed by atoms with Crippen LogP contribution in [0.5, 0.6) is 5.75 Å². The van der Waals surface area contributed by atoms with Crippen molar-refractivity contribution in [3.8, 4) is 5.75 Å². The zero-order valence-electron chi connectivity index (χ0n) is 10.1. The van der Waals surface area contributed by atoms with Crippen LogP contribution < -0.4 is 15.0 Å². The third-order valence-corrected chi connectivity index (χ3v) is 3.14. The summed E-state index contributed by atoms with van der Waals surface area (Å²) < 4.78 is 5.10. The zero-order valence-corrected chi connectivity index (χ0v) is 10.8. The van der Waals surface area contributed by atoms with Gasteiger partial charge in [0.1, 0.15) is 5.75 Å². The second-order valence-corrected chi connectivity index (χ2v) is 4.53. The topological polar surface area (TPSA) is 58.6 Å². The van der Waals surface area contributed by atoms with Gasteiger partial charge in [0.15, 0.2) is 0 Å². The minimum Gasteiger partial charge on any atom is -0.497 e. The Labute approximate surface area is 110 Å². The van der Waals surface area contributed by atoms with Crippen LogP contribution in [0.2, 0.25) is 5.02 Å². The molecule has 96 valence electrons. The molecular weight excluding hydrogens is 256 g/mol. The first-order valence-electron chi connectivity index (χ1n) is 5.49. The van der Waals surface area contributed by atoms with Gasteiger partial charge in [-0.25, -0.2) is 4.79 Å². The number of benzene rings is 1. The van der Waals surface area contributed by atoms with Crippen LogP contribution in [0.3, 0.4) is 0 Å². The summed E-state index contributed by atoms with van der Waals surface area (Å²) in [6, 6.07) is 4.57. The first kappa shape index (κ1) is 12.7. The van der Waals surface area contributed by atoms with Gasteiger partial charge in [0.2, 0.25) is 5.91 Å². The lowest BCUT2D eigenvalue weighted by atomic mass is 10.1. The third kappa shape index (κ3) is 2.26. The number of nitrogens with zero attached hydrogens (tertiary/aromatic N) is 1. The number of ether oxygens (including phenoxy) is 1. The maximum absolute atomic E-state index is 11.8. The Morgan fingerprint density at radius 2 is 2.17 bits per heavy atom. The fourth-order valence-electron chi connectivity index (χ4n) is 1.77. The Morgan fingerprint density at radius 3 is 2.83 bits per heavy atom. The van der Waals surface area contributed by atoms with E-state index in [-0.39, 0.29) is 11.8 Å². The minimum atomic E-state index is -0.465. The van der Waals surface area contributed by atoms with E-state index in [4.69, 9.17) is 16.3 Å². The monoisotopic (exact) mass is 268 g/mol. The van der Waals surface area contributed by atoms with E-state index in [1.54, 1.807) is 25.1 Å². The molecule has 1 saturated heterocycles. The van der Waals surface area contributed by atoms with Crippen molar-refractivity contribution in [2.24, 2.45) is 5.92 Å². The van der Waals surface area contributed by atoms with E-state index in [1.807, 2.05) is 0 Å². The van der Waals surface area contributed by atoms with Crippen molar-refractivity contribution in [1.29, 1.82) is 0 Å². The minimum absolute atomic E-state index is 0.268. The molecule has 3 amide bonds. The standard InChI is InChI=1S/C12H13ClN2O3/c1-7-6-15(12(17)14-11(7)16)10-5-8(18-2)3-4-9(10)13/h3-5,7H,6H2,1-2H3,(H,14,16,17). The average molecular weight is 269 g/mol. The van der Waals surface area contributed by atoms with Gasteiger partial charge < -0.3 is 4.74 Å². The van der Waals surface area contributed by atoms with Gasteiger partial charge in [0, 0.05) is 12.6 Å². The van der Waals surface area contributed by atoms with Crippen molar-refractivity contribution in [2.75, 3.05) is 18.6 Å². The van der Waals surface area contributed by atoms with Crippen LogP contribution in [-0.2, 0) is 4.79 Å². The van der Waals surface area contributed by atoms with Crippen molar-refractivity contribution in [3.63, 3.8) is 0 Å². The summed E-state index contributed by atoms with van der Waals surface area (Å²) in [4.78, 5) is 24.6. The maximum atomic E-state index is 11.8. The second-order valence-electron chi connectivity index (χ2n) is 4.12. The molecule has 0 spiro atoms. The van der Waals surface area contributed by atoms with Gasteiger partial charge >= 0.3 is 6.03 Å². The van der Waals surface area contributed by atoms with Gasteiger partial charge in [0.25, 0.3) is 0 Å². The molecule has 1 aliphatic rings. The number of carbonyl (C=O) groups excluding carboxylic acids is 2. The van der Waals surface area contributed by atoms with Gasteiger partial charge in [-0.2, -0.15) is 0 Å². The number of rotatable bonds is 2. The predicted octanol–water partition coefficient (Wildman–Crippen LogP) is 2.04. The van der Waals surface area contributed by atoms with Crippen LogP contribution in [0.1, 0.15) is 6.92 Å². The lowest BCUT2D eigenvalue weighted by Crippen LogP contribution is -2.54. The van der Waals surface area contributed by atoms with Gasteiger partial charge in [-0.15, -0.1) is 0 Å². The first-order valence-corrected chi connectivity index (χ1v) is 5.86. The molecule has 6 heteroatoms. The molecule has 2 rings (SSSR count). The molecule has 1 fully saturated rings. The molecule has 0 radical (unpaired) electrons. The van der Waals surface area contributed by atoms with Crippen LogP contribution >= 0.6 is 11.6 Å². The van der Waals surface area contributed by atoms with E-state index >= 15 is 0 Å². The lowest BCUT2D eigenvalue weighted by molar-refractivity contribution is -0.123. The molecule has 1 heterocycles. The number of carbonyl (C=O) groups is 2. The largest absolute Gasteiger partial charge is 0.497 e. The molecule has 0 bridgehead atoms. The molecule has 1 unspecified atom stereocenters. The molecule has 1 N–H and O–H groups in total. The SMILES string of the molecule is COc1ccc(Cl)c(N2CC(C)C(=O)NC2=O)c1. The van der Waals surface area contributed by atoms with Crippen molar-refractivity contribution >= 4 is 29.2 Å². The fourth-order valence-corrected chi connectivity index (χ4v) is 1.99.